The van der Waals surface area contributed by atoms with E-state index < -0.39 is 0 Å². The smallest absolute Gasteiger partial charge is 0.0334 e. The Labute approximate surface area is 60.7 Å². The first-order chi connectivity index (χ1) is 4.16. The second-order valence-corrected chi connectivity index (χ2v) is 2.04. The third-order valence-corrected chi connectivity index (χ3v) is 0.912. The van der Waals surface area contributed by atoms with Crippen LogP contribution in [0.1, 0.15) is 0 Å². The maximum atomic E-state index is 5.43. The van der Waals surface area contributed by atoms with Crippen LogP contribution in [-0.4, -0.2) is 7.05 Å². The van der Waals surface area contributed by atoms with Crippen molar-refractivity contribution >= 4 is 11.6 Å². The summed E-state index contributed by atoms with van der Waals surface area (Å²) in [5, 5.41) is 3.35. The van der Waals surface area contributed by atoms with Crippen LogP contribution >= 0.6 is 11.6 Å². The number of likely N-dealkylation sites (N-methyl/N-ethyl adjacent to an activating group) is 1. The maximum Gasteiger partial charge on any atom is 0.0334 e. The molecule has 0 saturated carbocycles. The lowest BCUT2D eigenvalue weighted by molar-refractivity contribution is 1.04. The van der Waals surface area contributed by atoms with Crippen molar-refractivity contribution in [3.63, 3.8) is 0 Å². The highest BCUT2D eigenvalue weighted by molar-refractivity contribution is 6.30. The lowest BCUT2D eigenvalue weighted by atomic mass is 10.4. The topological polar surface area (TPSA) is 12.0 Å². The Hall–Kier alpha value is -0.690. The zero-order chi connectivity index (χ0) is 7.28. The van der Waals surface area contributed by atoms with Crippen molar-refractivity contribution in [1.29, 1.82) is 0 Å². The van der Waals surface area contributed by atoms with Crippen LogP contribution in [0.4, 0.5) is 0 Å². The van der Waals surface area contributed by atoms with Crippen LogP contribution in [-0.2, 0) is 0 Å². The largest absolute Gasteiger partial charge is 0.389 e. The molecule has 0 aliphatic rings. The molecule has 0 fully saturated rings. The van der Waals surface area contributed by atoms with Gasteiger partial charge in [0, 0.05) is 17.8 Å². The molecule has 0 spiro atoms. The predicted molar refractivity (Wildman–Crippen MR) is 42.3 cm³/mol. The van der Waals surface area contributed by atoms with Gasteiger partial charge in [0.2, 0.25) is 0 Å². The Morgan fingerprint density at radius 2 is 2.00 bits per heavy atom. The van der Waals surface area contributed by atoms with E-state index in [1.54, 1.807) is 19.2 Å². The van der Waals surface area contributed by atoms with Crippen LogP contribution in [0.3, 0.4) is 0 Å². The zero-order valence-electron chi connectivity index (χ0n) is 5.45. The molecule has 0 heterocycles. The molecule has 0 saturated heterocycles. The van der Waals surface area contributed by atoms with Gasteiger partial charge >= 0.3 is 0 Å². The number of hydrogen-bond donors (Lipinski definition) is 1. The van der Waals surface area contributed by atoms with Crippen molar-refractivity contribution in [3.05, 3.63) is 36.0 Å². The van der Waals surface area contributed by atoms with E-state index in [2.05, 4.69) is 18.5 Å². The Morgan fingerprint density at radius 3 is 2.33 bits per heavy atom. The summed E-state index contributed by atoms with van der Waals surface area (Å²) in [5.41, 5.74) is 0.816. The average Bonchev–Trinajstić information content (AvgIpc) is 1.83. The third kappa shape index (κ3) is 5.18. The molecule has 0 rings (SSSR count). The average molecular weight is 144 g/mol. The van der Waals surface area contributed by atoms with Crippen LogP contribution in [0.15, 0.2) is 36.0 Å². The fourth-order valence-corrected chi connectivity index (χ4v) is 0.337. The van der Waals surface area contributed by atoms with Crippen molar-refractivity contribution in [2.24, 2.45) is 0 Å². The summed E-state index contributed by atoms with van der Waals surface area (Å²) in [5.74, 6) is 0. The molecular weight excluding hydrogens is 134 g/mol. The van der Waals surface area contributed by atoms with Crippen molar-refractivity contribution in [2.45, 2.75) is 0 Å². The molecule has 0 aliphatic carbocycles. The summed E-state index contributed by atoms with van der Waals surface area (Å²) in [6.45, 7) is 7.12. The Balaban J connectivity index is 3.71. The number of allylic oxidation sites excluding steroid dienone is 3. The molecule has 0 aliphatic heterocycles. The van der Waals surface area contributed by atoms with Crippen LogP contribution in [0.5, 0.6) is 0 Å². The van der Waals surface area contributed by atoms with Crippen LogP contribution in [0.2, 0.25) is 0 Å². The minimum atomic E-state index is 0.506. The molecule has 0 aromatic carbocycles. The van der Waals surface area contributed by atoms with Crippen LogP contribution in [0, 0.1) is 0 Å². The number of nitrogens with one attached hydrogen (secondary N) is 1. The highest BCUT2D eigenvalue weighted by Gasteiger charge is 1.78. The van der Waals surface area contributed by atoms with E-state index in [9.17, 15) is 0 Å². The first-order valence-corrected chi connectivity index (χ1v) is 2.93. The Bertz CT molecular complexity index is 147. The van der Waals surface area contributed by atoms with E-state index in [0.29, 0.717) is 5.03 Å². The van der Waals surface area contributed by atoms with E-state index in [4.69, 9.17) is 11.6 Å². The zero-order valence-corrected chi connectivity index (χ0v) is 6.20. The molecule has 0 amide bonds. The van der Waals surface area contributed by atoms with Gasteiger partial charge in [-0.15, -0.1) is 0 Å². The van der Waals surface area contributed by atoms with Gasteiger partial charge in [-0.1, -0.05) is 24.8 Å². The second kappa shape index (κ2) is 4.21. The van der Waals surface area contributed by atoms with E-state index in [0.717, 1.165) is 5.70 Å². The van der Waals surface area contributed by atoms with Gasteiger partial charge in [-0.2, -0.15) is 0 Å². The monoisotopic (exact) mass is 143 g/mol. The minimum absolute atomic E-state index is 0.506. The molecule has 0 atom stereocenters. The van der Waals surface area contributed by atoms with Gasteiger partial charge < -0.3 is 5.32 Å². The lowest BCUT2D eigenvalue weighted by Gasteiger charge is -1.93. The van der Waals surface area contributed by atoms with E-state index in [1.165, 1.54) is 0 Å². The molecule has 0 aromatic rings. The molecule has 2 heteroatoms. The van der Waals surface area contributed by atoms with Crippen LogP contribution < -0.4 is 5.32 Å². The molecule has 0 bridgehead atoms. The van der Waals surface area contributed by atoms with Gasteiger partial charge in [-0.3, -0.25) is 0 Å². The number of hydrogen-bond acceptors (Lipinski definition) is 1. The SMILES string of the molecule is C=C(Cl)/C=C\C(=C)NC. The van der Waals surface area contributed by atoms with Gasteiger partial charge in [0.25, 0.3) is 0 Å². The second-order valence-electron chi connectivity index (χ2n) is 1.56. The Kier molecular flexibility index (Phi) is 3.89. The van der Waals surface area contributed by atoms with E-state index in [-0.39, 0.29) is 0 Å². The first kappa shape index (κ1) is 8.31. The van der Waals surface area contributed by atoms with Gasteiger partial charge in [0.05, 0.1) is 0 Å². The molecule has 50 valence electrons. The highest BCUT2D eigenvalue weighted by Crippen LogP contribution is 1.99. The summed E-state index contributed by atoms with van der Waals surface area (Å²) in [4.78, 5) is 0. The quantitative estimate of drug-likeness (QED) is 0.597. The summed E-state index contributed by atoms with van der Waals surface area (Å²) in [6, 6.07) is 0. The maximum absolute atomic E-state index is 5.43. The highest BCUT2D eigenvalue weighted by atomic mass is 35.5. The lowest BCUT2D eigenvalue weighted by Crippen LogP contribution is -2.00. The van der Waals surface area contributed by atoms with Gasteiger partial charge in [0.1, 0.15) is 0 Å². The summed E-state index contributed by atoms with van der Waals surface area (Å²) < 4.78 is 0. The fourth-order valence-electron chi connectivity index (χ4n) is 0.274. The summed E-state index contributed by atoms with van der Waals surface area (Å²) >= 11 is 5.43. The number of rotatable bonds is 3. The van der Waals surface area contributed by atoms with Crippen molar-refractivity contribution < 1.29 is 0 Å². The fraction of sp³-hybridized carbons (Fsp3) is 0.143. The van der Waals surface area contributed by atoms with Crippen molar-refractivity contribution in [1.82, 2.24) is 5.32 Å². The van der Waals surface area contributed by atoms with Crippen molar-refractivity contribution in [2.75, 3.05) is 7.05 Å². The van der Waals surface area contributed by atoms with E-state index >= 15 is 0 Å². The molecule has 0 aromatic heterocycles. The van der Waals surface area contributed by atoms with Gasteiger partial charge in [-0.25, -0.2) is 0 Å². The predicted octanol–water partition coefficient (Wildman–Crippen LogP) is 2.03. The molecule has 1 nitrogen and oxygen atoms in total. The summed E-state index contributed by atoms with van der Waals surface area (Å²) in [7, 11) is 1.80. The Morgan fingerprint density at radius 1 is 1.44 bits per heavy atom. The standard InChI is InChI=1S/C7H10ClN/c1-6(8)4-5-7(2)9-3/h4-5,9H,1-2H2,3H3/b5-4-. The van der Waals surface area contributed by atoms with Gasteiger partial charge in [-0.05, 0) is 12.2 Å². The molecule has 1 N–H and O–H groups in total. The molecule has 0 unspecified atom stereocenters. The molecule has 0 radical (unpaired) electrons. The minimum Gasteiger partial charge on any atom is -0.389 e. The molecule has 9 heavy (non-hydrogen) atoms. The third-order valence-electron chi connectivity index (χ3n) is 0.786. The summed E-state index contributed by atoms with van der Waals surface area (Å²) in [6.07, 6.45) is 3.44. The first-order valence-electron chi connectivity index (χ1n) is 2.56. The number of halogens is 1. The van der Waals surface area contributed by atoms with Crippen LogP contribution in [0.25, 0.3) is 0 Å². The van der Waals surface area contributed by atoms with E-state index in [1.807, 2.05) is 0 Å². The van der Waals surface area contributed by atoms with Crippen molar-refractivity contribution in [3.8, 4) is 0 Å². The normalized spacial score (nSPS) is 9.56. The van der Waals surface area contributed by atoms with Gasteiger partial charge in [0.15, 0.2) is 0 Å². The molecular formula is C7H10ClN.